The van der Waals surface area contributed by atoms with Crippen LogP contribution in [0.15, 0.2) is 59.6 Å². The Morgan fingerprint density at radius 2 is 0.671 bits per heavy atom. The van der Waals surface area contributed by atoms with Gasteiger partial charge in [-0.15, -0.1) is 22.7 Å². The van der Waals surface area contributed by atoms with E-state index in [4.69, 9.17) is 18.9 Å². The van der Waals surface area contributed by atoms with Gasteiger partial charge in [-0.3, -0.25) is 19.2 Å². The van der Waals surface area contributed by atoms with Gasteiger partial charge in [0, 0.05) is 63.6 Å². The van der Waals surface area contributed by atoms with Gasteiger partial charge in [0.05, 0.1) is 22.4 Å². The van der Waals surface area contributed by atoms with Crippen molar-refractivity contribution in [3.63, 3.8) is 0 Å². The Bertz CT molecular complexity index is 2620. The number of rotatable bonds is 16. The molecule has 1 fully saturated rings. The van der Waals surface area contributed by atoms with Crippen molar-refractivity contribution in [2.24, 2.45) is 23.7 Å². The summed E-state index contributed by atoms with van der Waals surface area (Å²) >= 11 is 3.10. The SMILES string of the molecule is Cc1ncsc1Cc1ccc(C[C@H]2OC(=O)[C@H](CC(C)C)N(C)C(=O)[C@@H](C)OC(=O)[C@H](CC(C)C)N(C)C(=O)[C@@H](Cc3ccc(Cc4scnc4C)cc3)OC(=O)[C@H](CC(C)C)N(C)C(=O)[C@@H](C)OC(=O)[C@H](CC(C)C)N(C)C2=O)cc1. The van der Waals surface area contributed by atoms with E-state index in [0.29, 0.717) is 24.0 Å². The monoisotopic (exact) mass is 1170 g/mol. The molecule has 4 aromatic rings. The van der Waals surface area contributed by atoms with Crippen LogP contribution < -0.4 is 0 Å². The van der Waals surface area contributed by atoms with Crippen molar-refractivity contribution in [1.29, 1.82) is 0 Å². The molecule has 0 spiro atoms. The number of cyclic esters (lactones) is 4. The van der Waals surface area contributed by atoms with Crippen LogP contribution in [0.4, 0.5) is 0 Å². The van der Waals surface area contributed by atoms with E-state index in [9.17, 15) is 28.8 Å². The Labute approximate surface area is 492 Å². The maximum Gasteiger partial charge on any atom is 0.329 e. The molecule has 0 saturated carbocycles. The van der Waals surface area contributed by atoms with E-state index in [-0.39, 0.29) is 62.2 Å². The third-order valence-electron chi connectivity index (χ3n) is 14.8. The molecule has 3 heterocycles. The predicted molar refractivity (Wildman–Crippen MR) is 315 cm³/mol. The van der Waals surface area contributed by atoms with Crippen molar-refractivity contribution in [3.8, 4) is 0 Å². The molecule has 0 aliphatic carbocycles. The molecule has 5 rings (SSSR count). The number of benzene rings is 2. The molecule has 4 amide bonds. The van der Waals surface area contributed by atoms with E-state index >= 15 is 9.59 Å². The van der Waals surface area contributed by atoms with Gasteiger partial charge in [0.25, 0.3) is 23.6 Å². The van der Waals surface area contributed by atoms with Crippen LogP contribution in [0.1, 0.15) is 138 Å². The molecule has 2 aromatic carbocycles. The van der Waals surface area contributed by atoms with Gasteiger partial charge < -0.3 is 38.5 Å². The summed E-state index contributed by atoms with van der Waals surface area (Å²) in [5.74, 6) is -7.33. The molecule has 2 aromatic heterocycles. The number of aryl methyl sites for hydroxylation is 2. The van der Waals surface area contributed by atoms with Crippen molar-refractivity contribution in [1.82, 2.24) is 29.6 Å². The second-order valence-electron chi connectivity index (χ2n) is 23.5. The van der Waals surface area contributed by atoms with Gasteiger partial charge in [0.2, 0.25) is 0 Å². The average molecular weight is 1170 g/mol. The van der Waals surface area contributed by atoms with E-state index in [0.717, 1.165) is 42.1 Å². The first-order valence-corrected chi connectivity index (χ1v) is 30.1. The lowest BCUT2D eigenvalue weighted by atomic mass is 9.99. The summed E-state index contributed by atoms with van der Waals surface area (Å²) in [4.78, 5) is 133. The normalized spacial score (nSPS) is 23.0. The quantitative estimate of drug-likeness (QED) is 0.0762. The van der Waals surface area contributed by atoms with Crippen LogP contribution in [0.5, 0.6) is 0 Å². The first kappa shape index (κ1) is 66.3. The summed E-state index contributed by atoms with van der Waals surface area (Å²) in [6.45, 7) is 21.5. The molecule has 20 heteroatoms. The number of esters is 4. The molecule has 0 N–H and O–H groups in total. The standard InChI is InChI=1S/C62H86N6O12S2/c1-35(2)25-47-59(73)77-41(11)55(69)65(13)50(28-38(7)8)62(76)80-52(30-44-19-23-46(24-20-44)32-54-40(10)64-34-82-54)58(72)68(16)48(26-36(3)4)60(74)78-42(12)56(70)66(14)49(27-37(5)6)61(75)79-51(57(71)67(47)15)29-43-17-21-45(22-18-43)31-53-39(9)63-33-81-53/h17-24,33-38,41-42,47-52H,25-32H2,1-16H3/t41-,42-,47+,48+,49+,50+,51-,52-/m1/s1. The van der Waals surface area contributed by atoms with E-state index in [1.165, 1.54) is 51.8 Å². The molecule has 18 nitrogen and oxygen atoms in total. The van der Waals surface area contributed by atoms with Gasteiger partial charge in [-0.25, -0.2) is 29.1 Å². The molecule has 448 valence electrons. The van der Waals surface area contributed by atoms with E-state index in [1.807, 2.05) is 118 Å². The number of carbonyl (C=O) groups excluding carboxylic acids is 8. The number of hydrogen-bond acceptors (Lipinski definition) is 16. The van der Waals surface area contributed by atoms with E-state index in [1.54, 1.807) is 33.7 Å². The second-order valence-corrected chi connectivity index (χ2v) is 25.4. The summed E-state index contributed by atoms with van der Waals surface area (Å²) in [6.07, 6.45) is -4.59. The zero-order valence-corrected chi connectivity index (χ0v) is 52.4. The fraction of sp³-hybridized carbons (Fsp3) is 0.581. The van der Waals surface area contributed by atoms with E-state index < -0.39 is 96.1 Å². The molecule has 1 aliphatic rings. The number of hydrogen-bond donors (Lipinski definition) is 0. The maximum atomic E-state index is 15.0. The van der Waals surface area contributed by atoms with Crippen molar-refractivity contribution in [2.45, 2.75) is 183 Å². The highest BCUT2D eigenvalue weighted by Gasteiger charge is 2.43. The fourth-order valence-corrected chi connectivity index (χ4v) is 11.5. The van der Waals surface area contributed by atoms with Gasteiger partial charge >= 0.3 is 23.9 Å². The summed E-state index contributed by atoms with van der Waals surface area (Å²) in [7, 11) is 5.61. The molecule has 8 atom stereocenters. The summed E-state index contributed by atoms with van der Waals surface area (Å²) < 4.78 is 24.3. The van der Waals surface area contributed by atoms with Crippen LogP contribution in [0.25, 0.3) is 0 Å². The number of thiazole rings is 2. The number of amides is 4. The minimum Gasteiger partial charge on any atom is -0.451 e. The highest BCUT2D eigenvalue weighted by molar-refractivity contribution is 7.10. The number of aromatic nitrogens is 2. The van der Waals surface area contributed by atoms with Gasteiger partial charge in [-0.05, 0) is 99.3 Å². The summed E-state index contributed by atoms with van der Waals surface area (Å²) in [5.41, 5.74) is 8.72. The molecular weight excluding hydrogens is 1080 g/mol. The average Bonchev–Trinajstić information content (AvgIpc) is 4.20. The molecular formula is C62H86N6O12S2. The molecule has 1 saturated heterocycles. The molecule has 0 radical (unpaired) electrons. The lowest BCUT2D eigenvalue weighted by Gasteiger charge is -2.35. The first-order valence-electron chi connectivity index (χ1n) is 28.4. The first-order chi connectivity index (χ1) is 38.6. The lowest BCUT2D eigenvalue weighted by molar-refractivity contribution is -0.176. The minimum absolute atomic E-state index is 0.0900. The second kappa shape index (κ2) is 30.1. The number of ether oxygens (including phenoxy) is 4. The zero-order valence-electron chi connectivity index (χ0n) is 50.8. The Kier molecular flexibility index (Phi) is 24.4. The predicted octanol–water partition coefficient (Wildman–Crippen LogP) is 8.38. The Morgan fingerprint density at radius 3 is 0.927 bits per heavy atom. The summed E-state index contributed by atoms with van der Waals surface area (Å²) in [5, 5.41) is 0. The van der Waals surface area contributed by atoms with Crippen LogP contribution in [-0.2, 0) is 83.0 Å². The van der Waals surface area contributed by atoms with Gasteiger partial charge in [-0.2, -0.15) is 0 Å². The van der Waals surface area contributed by atoms with Crippen molar-refractivity contribution in [2.75, 3.05) is 28.2 Å². The molecule has 1 aliphatic heterocycles. The van der Waals surface area contributed by atoms with Gasteiger partial charge in [-0.1, -0.05) is 104 Å². The topological polar surface area (TPSA) is 212 Å². The fourth-order valence-electron chi connectivity index (χ4n) is 9.86. The van der Waals surface area contributed by atoms with Crippen LogP contribution >= 0.6 is 22.7 Å². The highest BCUT2D eigenvalue weighted by Crippen LogP contribution is 2.26. The third-order valence-corrected chi connectivity index (χ3v) is 16.7. The Hall–Kier alpha value is -6.54. The summed E-state index contributed by atoms with van der Waals surface area (Å²) in [6, 6.07) is 9.93. The van der Waals surface area contributed by atoms with Crippen LogP contribution in [0.2, 0.25) is 0 Å². The van der Waals surface area contributed by atoms with Crippen LogP contribution in [0, 0.1) is 37.5 Å². The maximum absolute atomic E-state index is 15.0. The van der Waals surface area contributed by atoms with Crippen molar-refractivity contribution < 1.29 is 57.3 Å². The zero-order chi connectivity index (χ0) is 60.9. The van der Waals surface area contributed by atoms with Crippen LogP contribution in [0.3, 0.4) is 0 Å². The number of nitrogens with zero attached hydrogens (tertiary/aromatic N) is 6. The minimum atomic E-state index is -1.52. The van der Waals surface area contributed by atoms with Gasteiger partial charge in [0.15, 0.2) is 24.4 Å². The third kappa shape index (κ3) is 18.2. The number of likely N-dealkylation sites (N-methyl/N-ethyl adjacent to an activating group) is 4. The van der Waals surface area contributed by atoms with Crippen molar-refractivity contribution in [3.05, 3.63) is 103 Å². The lowest BCUT2D eigenvalue weighted by Crippen LogP contribution is -2.55. The molecule has 0 bridgehead atoms. The van der Waals surface area contributed by atoms with E-state index in [2.05, 4.69) is 9.97 Å². The molecule has 0 unspecified atom stereocenters. The largest absolute Gasteiger partial charge is 0.451 e. The van der Waals surface area contributed by atoms with Gasteiger partial charge in [0.1, 0.15) is 24.2 Å². The smallest absolute Gasteiger partial charge is 0.329 e. The Balaban J connectivity index is 1.59. The number of carbonyl (C=O) groups is 8. The molecule has 82 heavy (non-hydrogen) atoms. The van der Waals surface area contributed by atoms with Crippen LogP contribution in [-0.4, -0.2) is 154 Å². The Morgan fingerprint density at radius 1 is 0.415 bits per heavy atom. The van der Waals surface area contributed by atoms with Crippen molar-refractivity contribution >= 4 is 70.2 Å². The highest BCUT2D eigenvalue weighted by atomic mass is 32.1.